The Balaban J connectivity index is 0.00000190. The lowest BCUT2D eigenvalue weighted by Gasteiger charge is -2.18. The largest absolute Gasteiger partial charge is 0.478 e. The number of benzene rings is 2. The number of aryl methyl sites for hydroxylation is 1. The van der Waals surface area contributed by atoms with Crippen LogP contribution in [0.3, 0.4) is 0 Å². The summed E-state index contributed by atoms with van der Waals surface area (Å²) >= 11 is 0. The third-order valence-corrected chi connectivity index (χ3v) is 8.01. The Morgan fingerprint density at radius 1 is 1.11 bits per heavy atom. The summed E-state index contributed by atoms with van der Waals surface area (Å²) in [6.07, 6.45) is 3.96. The zero-order valence-corrected chi connectivity index (χ0v) is 20.0. The highest BCUT2D eigenvalue weighted by Gasteiger charge is 2.46. The molecule has 11 heteroatoms. The number of hydrogen-bond donors (Lipinski definition) is 1. The van der Waals surface area contributed by atoms with Crippen molar-refractivity contribution in [2.45, 2.75) is 44.6 Å². The number of aromatic nitrogens is 5. The molecule has 0 radical (unpaired) electrons. The second-order valence-electron chi connectivity index (χ2n) is 8.67. The molecule has 0 bridgehead atoms. The summed E-state index contributed by atoms with van der Waals surface area (Å²) in [5.41, 5.74) is 3.00. The van der Waals surface area contributed by atoms with E-state index in [1.54, 1.807) is 46.7 Å². The topological polar surface area (TPSA) is 123 Å². The number of aromatic carboxylic acids is 1. The van der Waals surface area contributed by atoms with Gasteiger partial charge in [-0.25, -0.2) is 17.9 Å². The molecule has 0 spiro atoms. The van der Waals surface area contributed by atoms with Crippen molar-refractivity contribution in [1.82, 2.24) is 29.1 Å². The van der Waals surface area contributed by atoms with Gasteiger partial charge in [-0.2, -0.15) is 9.40 Å². The van der Waals surface area contributed by atoms with Gasteiger partial charge in [0.1, 0.15) is 5.56 Å². The molecule has 1 aliphatic rings. The minimum Gasteiger partial charge on any atom is -0.478 e. The molecular formula is C26H32N6O4S. The van der Waals surface area contributed by atoms with E-state index >= 15 is 0 Å². The molecule has 0 saturated heterocycles. The molecule has 2 aromatic carbocycles. The fourth-order valence-electron chi connectivity index (χ4n) is 4.35. The minimum atomic E-state index is -3.65. The number of hydrogen-bond acceptors (Lipinski definition) is 6. The fraction of sp³-hybridized carbons (Fsp3) is 0.308. The molecule has 1 fully saturated rings. The van der Waals surface area contributed by atoms with Gasteiger partial charge >= 0.3 is 5.97 Å². The van der Waals surface area contributed by atoms with Gasteiger partial charge in [0.2, 0.25) is 10.0 Å². The van der Waals surface area contributed by atoms with E-state index in [0.717, 1.165) is 17.7 Å². The van der Waals surface area contributed by atoms with Crippen LogP contribution in [0.2, 0.25) is 0 Å². The van der Waals surface area contributed by atoms with Gasteiger partial charge in [-0.1, -0.05) is 50.4 Å². The van der Waals surface area contributed by atoms with Crippen LogP contribution >= 0.6 is 0 Å². The average molecular weight is 525 g/mol. The Kier molecular flexibility index (Phi) is 7.99. The predicted octanol–water partition coefficient (Wildman–Crippen LogP) is 4.06. The number of nitrogens with zero attached hydrogens (tertiary/aromatic N) is 6. The molecule has 37 heavy (non-hydrogen) atoms. The lowest BCUT2D eigenvalue weighted by Crippen LogP contribution is -2.26. The first kappa shape index (κ1) is 27.8. The maximum absolute atomic E-state index is 12.9. The molecule has 1 N–H and O–H groups in total. The van der Waals surface area contributed by atoms with Crippen molar-refractivity contribution >= 4 is 16.0 Å². The van der Waals surface area contributed by atoms with E-state index in [2.05, 4.69) is 15.4 Å². The van der Waals surface area contributed by atoms with Gasteiger partial charge in [-0.05, 0) is 36.2 Å². The molecule has 0 unspecified atom stereocenters. The van der Waals surface area contributed by atoms with Crippen LogP contribution in [0.25, 0.3) is 5.69 Å². The fourth-order valence-corrected chi connectivity index (χ4v) is 5.53. The second kappa shape index (κ2) is 10.7. The molecule has 1 aliphatic carbocycles. The van der Waals surface area contributed by atoms with Crippen LogP contribution < -0.4 is 0 Å². The van der Waals surface area contributed by atoms with Gasteiger partial charge in [0.25, 0.3) is 0 Å². The zero-order chi connectivity index (χ0) is 24.7. The van der Waals surface area contributed by atoms with Crippen molar-refractivity contribution in [3.63, 3.8) is 0 Å². The monoisotopic (exact) mass is 524 g/mol. The van der Waals surface area contributed by atoms with Crippen LogP contribution in [0.15, 0.2) is 71.9 Å². The smallest absolute Gasteiger partial charge is 0.339 e. The van der Waals surface area contributed by atoms with Gasteiger partial charge in [0, 0.05) is 38.7 Å². The summed E-state index contributed by atoms with van der Waals surface area (Å²) in [5, 5.41) is 22.3. The highest BCUT2D eigenvalue weighted by molar-refractivity contribution is 7.89. The maximum Gasteiger partial charge on any atom is 0.339 e. The van der Waals surface area contributed by atoms with E-state index in [9.17, 15) is 18.3 Å². The van der Waals surface area contributed by atoms with E-state index in [1.165, 1.54) is 17.5 Å². The Bertz CT molecular complexity index is 1500. The summed E-state index contributed by atoms with van der Waals surface area (Å²) in [6.45, 7) is 0.152. The molecule has 196 valence electrons. The molecule has 5 rings (SSSR count). The van der Waals surface area contributed by atoms with E-state index in [1.807, 2.05) is 30.5 Å². The molecule has 2 aromatic heterocycles. The standard InChI is InChI=1S/C24H24N6O4S.2CH4/c1-28-15-22(26-27-28)19-12-20(19)23-21(24(31)32)13-25-30(23)17-8-6-7-16(11-17)14-29(2)35(33,34)18-9-4-3-5-10-18;;/h3-11,13,15,19-20H,12,14H2,1-2H3,(H,31,32);2*1H4/t19-,20-;;/m1../s1. The SMILES string of the molecule is C.C.CN(Cc1cccc(-n2ncc(C(=O)O)c2[C@@H]2C[C@H]2c2cn(C)nn2)c1)S(=O)(=O)c1ccccc1. The van der Waals surface area contributed by atoms with E-state index < -0.39 is 16.0 Å². The molecule has 4 aromatic rings. The van der Waals surface area contributed by atoms with Crippen LogP contribution in [0, 0.1) is 0 Å². The quantitative estimate of drug-likeness (QED) is 0.369. The molecule has 2 heterocycles. The van der Waals surface area contributed by atoms with Crippen molar-refractivity contribution in [3.8, 4) is 5.69 Å². The van der Waals surface area contributed by atoms with Crippen molar-refractivity contribution in [2.24, 2.45) is 7.05 Å². The van der Waals surface area contributed by atoms with Gasteiger partial charge in [0.05, 0.1) is 28.2 Å². The van der Waals surface area contributed by atoms with Crippen LogP contribution in [0.1, 0.15) is 60.4 Å². The van der Waals surface area contributed by atoms with Gasteiger partial charge < -0.3 is 5.11 Å². The Hall–Kier alpha value is -3.83. The molecule has 0 amide bonds. The van der Waals surface area contributed by atoms with E-state index in [0.29, 0.717) is 11.4 Å². The van der Waals surface area contributed by atoms with E-state index in [-0.39, 0.29) is 43.7 Å². The lowest BCUT2D eigenvalue weighted by molar-refractivity contribution is 0.0695. The number of rotatable bonds is 8. The molecule has 10 nitrogen and oxygen atoms in total. The van der Waals surface area contributed by atoms with Crippen molar-refractivity contribution in [2.75, 3.05) is 7.05 Å². The number of carboxylic acid groups (broad SMARTS) is 1. The first-order chi connectivity index (χ1) is 16.8. The van der Waals surface area contributed by atoms with Crippen LogP contribution in [-0.2, 0) is 23.6 Å². The van der Waals surface area contributed by atoms with Crippen molar-refractivity contribution in [3.05, 3.63) is 89.5 Å². The zero-order valence-electron chi connectivity index (χ0n) is 19.2. The van der Waals surface area contributed by atoms with Gasteiger partial charge in [-0.15, -0.1) is 5.10 Å². The summed E-state index contributed by atoms with van der Waals surface area (Å²) < 4.78 is 30.4. The predicted molar refractivity (Wildman–Crippen MR) is 140 cm³/mol. The molecule has 2 atom stereocenters. The highest BCUT2D eigenvalue weighted by atomic mass is 32.2. The van der Waals surface area contributed by atoms with Crippen LogP contribution in [0.5, 0.6) is 0 Å². The molecular weight excluding hydrogens is 492 g/mol. The van der Waals surface area contributed by atoms with Crippen LogP contribution in [0.4, 0.5) is 0 Å². The Morgan fingerprint density at radius 3 is 2.49 bits per heavy atom. The number of carbonyl (C=O) groups is 1. The Morgan fingerprint density at radius 2 is 1.84 bits per heavy atom. The summed E-state index contributed by atoms with van der Waals surface area (Å²) in [7, 11) is -0.324. The third kappa shape index (κ3) is 5.32. The third-order valence-electron chi connectivity index (χ3n) is 6.19. The van der Waals surface area contributed by atoms with Crippen molar-refractivity contribution < 1.29 is 18.3 Å². The van der Waals surface area contributed by atoms with Crippen molar-refractivity contribution in [1.29, 1.82) is 0 Å². The highest BCUT2D eigenvalue weighted by Crippen LogP contribution is 2.55. The maximum atomic E-state index is 12.9. The lowest BCUT2D eigenvalue weighted by atomic mass is 10.1. The number of sulfonamides is 1. The first-order valence-corrected chi connectivity index (χ1v) is 12.5. The average Bonchev–Trinajstić information content (AvgIpc) is 3.29. The number of carboxylic acids is 1. The normalized spacial score (nSPS) is 16.6. The first-order valence-electron chi connectivity index (χ1n) is 11.0. The molecule has 0 aliphatic heterocycles. The second-order valence-corrected chi connectivity index (χ2v) is 10.7. The van der Waals surface area contributed by atoms with Crippen LogP contribution in [-0.4, -0.2) is 55.6 Å². The Labute approximate surface area is 217 Å². The summed E-state index contributed by atoms with van der Waals surface area (Å²) in [5.74, 6) is -1.02. The van der Waals surface area contributed by atoms with Gasteiger partial charge in [-0.3, -0.25) is 4.68 Å². The molecule has 1 saturated carbocycles. The summed E-state index contributed by atoms with van der Waals surface area (Å²) in [6, 6.07) is 15.6. The summed E-state index contributed by atoms with van der Waals surface area (Å²) in [4.78, 5) is 12.2. The van der Waals surface area contributed by atoms with E-state index in [4.69, 9.17) is 0 Å². The minimum absolute atomic E-state index is 0. The van der Waals surface area contributed by atoms with Gasteiger partial charge in [0.15, 0.2) is 0 Å².